The summed E-state index contributed by atoms with van der Waals surface area (Å²) >= 11 is 0. The van der Waals surface area contributed by atoms with E-state index in [1.807, 2.05) is 6.07 Å². The minimum atomic E-state index is -2.18. The summed E-state index contributed by atoms with van der Waals surface area (Å²) in [4.78, 5) is 22.6. The number of ether oxygens (including phenoxy) is 7. The van der Waals surface area contributed by atoms with Crippen molar-refractivity contribution in [2.24, 2.45) is 0 Å². The number of benzene rings is 2. The summed E-state index contributed by atoms with van der Waals surface area (Å²) in [6, 6.07) is 6.78. The summed E-state index contributed by atoms with van der Waals surface area (Å²) < 4.78 is 39.8. The van der Waals surface area contributed by atoms with Gasteiger partial charge in [0.05, 0.1) is 25.2 Å². The molecule has 7 rings (SSSR count). The molecule has 0 amide bonds. The number of carboxylic acids is 1. The predicted molar refractivity (Wildman–Crippen MR) is 140 cm³/mol. The van der Waals surface area contributed by atoms with Gasteiger partial charge in [-0.25, -0.2) is 0 Å². The van der Waals surface area contributed by atoms with Gasteiger partial charge in [-0.05, 0) is 12.1 Å². The molecule has 5 heterocycles. The third kappa shape index (κ3) is 4.94. The van der Waals surface area contributed by atoms with Gasteiger partial charge in [-0.3, -0.25) is 9.59 Å². The van der Waals surface area contributed by atoms with Crippen molar-refractivity contribution in [2.45, 2.75) is 55.1 Å². The van der Waals surface area contributed by atoms with E-state index in [0.29, 0.717) is 34.1 Å². The molecule has 7 atom stereocenters. The number of aliphatic carboxylic acids is 1. The van der Waals surface area contributed by atoms with Crippen LogP contribution in [0.4, 0.5) is 0 Å². The Kier molecular flexibility index (Phi) is 7.45. The molecule has 5 N–H and O–H groups in total. The number of carboxylic acid groups (broad SMARTS) is 1. The summed E-state index contributed by atoms with van der Waals surface area (Å²) in [5.74, 6) is 4.74. The van der Waals surface area contributed by atoms with Crippen LogP contribution in [0.3, 0.4) is 0 Å². The zero-order valence-corrected chi connectivity index (χ0v) is 22.7. The van der Waals surface area contributed by atoms with Gasteiger partial charge in [-0.15, -0.1) is 0 Å². The van der Waals surface area contributed by atoms with Crippen molar-refractivity contribution in [1.82, 2.24) is 0 Å². The molecular weight excluding hydrogens is 572 g/mol. The molecule has 14 heteroatoms. The van der Waals surface area contributed by atoms with Gasteiger partial charge >= 0.3 is 11.9 Å². The maximum Gasteiger partial charge on any atom is 0.317 e. The lowest BCUT2D eigenvalue weighted by Gasteiger charge is -2.47. The zero-order chi connectivity index (χ0) is 30.5. The maximum atomic E-state index is 11.8. The highest BCUT2D eigenvalue weighted by Gasteiger charge is 2.56. The van der Waals surface area contributed by atoms with Crippen molar-refractivity contribution < 1.29 is 68.3 Å². The highest BCUT2D eigenvalue weighted by atomic mass is 16.7. The summed E-state index contributed by atoms with van der Waals surface area (Å²) in [6.07, 6.45) is -8.25. The smallest absolute Gasteiger partial charge is 0.317 e. The molecule has 1 fully saturated rings. The molecule has 0 aliphatic carbocycles. The number of carbonyl (C=O) groups excluding carboxylic acids is 1. The van der Waals surface area contributed by atoms with Crippen molar-refractivity contribution in [3.8, 4) is 40.6 Å². The normalized spacial score (nSPS) is 29.5. The van der Waals surface area contributed by atoms with Crippen LogP contribution in [0.25, 0.3) is 0 Å². The first-order valence-electron chi connectivity index (χ1n) is 13.3. The molecule has 0 spiro atoms. The first kappa shape index (κ1) is 28.8. The standard InChI is InChI=1S/C29H28O14/c1-37-26-17(40-12-30)5-4-14-16-10-38-19-8-18-13(7-15(19)24(16)43-25(14)26)3-2-6-29(36)20(11-39-22(33)9-21(31)32)42-28(41-18)23(34)27(29)35/h4-5,7-8,16,20,23-24,27-28,30,34-36H,6,9-12H2,1H3,(H,31,32)/t16-,20+,23+,24+,27+,28-,29+/m0/s1. The van der Waals surface area contributed by atoms with Gasteiger partial charge in [-0.1, -0.05) is 17.9 Å². The average Bonchev–Trinajstić information content (AvgIpc) is 3.36. The Morgan fingerprint density at radius 2 is 1.95 bits per heavy atom. The second kappa shape index (κ2) is 11.1. The van der Waals surface area contributed by atoms with Gasteiger partial charge in [-0.2, -0.15) is 0 Å². The number of methoxy groups -OCH3 is 1. The van der Waals surface area contributed by atoms with Gasteiger partial charge in [0, 0.05) is 23.6 Å². The van der Waals surface area contributed by atoms with Crippen molar-refractivity contribution in [3.05, 3.63) is 41.0 Å². The van der Waals surface area contributed by atoms with E-state index in [1.54, 1.807) is 18.2 Å². The van der Waals surface area contributed by atoms with Crippen LogP contribution in [0, 0.1) is 11.8 Å². The van der Waals surface area contributed by atoms with Crippen LogP contribution in [0.15, 0.2) is 24.3 Å². The van der Waals surface area contributed by atoms with Crippen molar-refractivity contribution >= 4 is 11.9 Å². The number of aliphatic hydroxyl groups is 4. The number of esters is 1. The van der Waals surface area contributed by atoms with E-state index in [-0.39, 0.29) is 18.3 Å². The van der Waals surface area contributed by atoms with Gasteiger partial charge in [0.1, 0.15) is 54.5 Å². The Morgan fingerprint density at radius 3 is 2.70 bits per heavy atom. The van der Waals surface area contributed by atoms with Crippen LogP contribution in [-0.2, 0) is 19.1 Å². The number of aliphatic hydroxyl groups excluding tert-OH is 3. The molecule has 0 radical (unpaired) electrons. The summed E-state index contributed by atoms with van der Waals surface area (Å²) in [5.41, 5.74) is -0.331. The van der Waals surface area contributed by atoms with E-state index in [0.717, 1.165) is 5.56 Å². The van der Waals surface area contributed by atoms with Gasteiger partial charge < -0.3 is 58.7 Å². The summed E-state index contributed by atoms with van der Waals surface area (Å²) in [6.45, 7) is -0.916. The molecule has 14 nitrogen and oxygen atoms in total. The lowest BCUT2D eigenvalue weighted by molar-refractivity contribution is -0.312. The molecule has 0 unspecified atom stereocenters. The van der Waals surface area contributed by atoms with E-state index in [4.69, 9.17) is 38.3 Å². The minimum absolute atomic E-state index is 0.154. The fourth-order valence-corrected chi connectivity index (χ4v) is 5.72. The molecule has 0 aromatic heterocycles. The lowest BCUT2D eigenvalue weighted by atomic mass is 9.81. The number of rotatable bonds is 7. The van der Waals surface area contributed by atoms with Crippen LogP contribution in [0.5, 0.6) is 28.7 Å². The Morgan fingerprint density at radius 1 is 1.14 bits per heavy atom. The van der Waals surface area contributed by atoms with Gasteiger partial charge in [0.15, 0.2) is 18.3 Å². The summed E-state index contributed by atoms with van der Waals surface area (Å²) in [7, 11) is 1.47. The zero-order valence-electron chi connectivity index (χ0n) is 22.7. The lowest BCUT2D eigenvalue weighted by Crippen LogP contribution is -2.68. The minimum Gasteiger partial charge on any atom is -0.492 e. The molecule has 2 bridgehead atoms. The first-order valence-corrected chi connectivity index (χ1v) is 13.3. The fourth-order valence-electron chi connectivity index (χ4n) is 5.72. The van der Waals surface area contributed by atoms with Crippen LogP contribution in [0.1, 0.15) is 41.6 Å². The van der Waals surface area contributed by atoms with E-state index in [2.05, 4.69) is 11.8 Å². The largest absolute Gasteiger partial charge is 0.492 e. The fraction of sp³-hybridized carbons (Fsp3) is 0.448. The third-order valence-electron chi connectivity index (χ3n) is 7.88. The molecule has 2 aromatic rings. The molecule has 1 saturated heterocycles. The van der Waals surface area contributed by atoms with E-state index < -0.39 is 74.5 Å². The molecule has 0 saturated carbocycles. The van der Waals surface area contributed by atoms with E-state index in [9.17, 15) is 30.0 Å². The Bertz CT molecular complexity index is 1510. The Balaban J connectivity index is 1.32. The van der Waals surface area contributed by atoms with Gasteiger partial charge in [0.25, 0.3) is 0 Å². The van der Waals surface area contributed by atoms with E-state index >= 15 is 0 Å². The van der Waals surface area contributed by atoms with Crippen molar-refractivity contribution in [1.29, 1.82) is 0 Å². The van der Waals surface area contributed by atoms with E-state index in [1.165, 1.54) is 7.11 Å². The highest BCUT2D eigenvalue weighted by Crippen LogP contribution is 2.56. The molecule has 43 heavy (non-hydrogen) atoms. The third-order valence-corrected chi connectivity index (χ3v) is 7.88. The molecule has 2 aromatic carbocycles. The Hall–Kier alpha value is -4.26. The summed E-state index contributed by atoms with van der Waals surface area (Å²) in [5, 5.41) is 51.0. The number of hydrogen-bond donors (Lipinski definition) is 5. The second-order valence-electron chi connectivity index (χ2n) is 10.4. The molecule has 228 valence electrons. The quantitative estimate of drug-likeness (QED) is 0.123. The number of carbonyl (C=O) groups is 2. The SMILES string of the molecule is COc1c(OCO)ccc2c1O[C@@H]1c3cc4c(cc3OC[C@@H]21)O[C@H]1O[C@H](COC(=O)CC(=O)O)[C@](O)(CC#C4)[C@H](O)[C@H]1O. The van der Waals surface area contributed by atoms with Crippen LogP contribution in [0.2, 0.25) is 0 Å². The molecule has 5 aliphatic rings. The van der Waals surface area contributed by atoms with Crippen LogP contribution >= 0.6 is 0 Å². The average molecular weight is 601 g/mol. The number of fused-ring (bicyclic) bond motifs is 8. The maximum absolute atomic E-state index is 11.8. The van der Waals surface area contributed by atoms with Gasteiger partial charge in [0.2, 0.25) is 12.0 Å². The van der Waals surface area contributed by atoms with Crippen molar-refractivity contribution in [3.63, 3.8) is 0 Å². The second-order valence-corrected chi connectivity index (χ2v) is 10.4. The number of hydrogen-bond acceptors (Lipinski definition) is 13. The molecular formula is C29H28O14. The topological polar surface area (TPSA) is 200 Å². The van der Waals surface area contributed by atoms with Crippen LogP contribution < -0.4 is 23.7 Å². The predicted octanol–water partition coefficient (Wildman–Crippen LogP) is -0.0368. The highest BCUT2D eigenvalue weighted by molar-refractivity contribution is 5.90. The monoisotopic (exact) mass is 600 g/mol. The Labute approximate surface area is 244 Å². The van der Waals surface area contributed by atoms with Crippen LogP contribution in [-0.4, -0.2) is 94.8 Å². The first-order chi connectivity index (χ1) is 20.6. The van der Waals surface area contributed by atoms with Crippen molar-refractivity contribution in [2.75, 3.05) is 27.1 Å². The molecule has 5 aliphatic heterocycles.